The van der Waals surface area contributed by atoms with Crippen LogP contribution in [0.5, 0.6) is 0 Å². The van der Waals surface area contributed by atoms with Gasteiger partial charge in [0.15, 0.2) is 0 Å². The van der Waals surface area contributed by atoms with E-state index in [1.807, 2.05) is 73.7 Å². The molecule has 198 valence electrons. The van der Waals surface area contributed by atoms with Crippen molar-refractivity contribution in [3.8, 4) is 0 Å². The Morgan fingerprint density at radius 1 is 0.974 bits per heavy atom. The number of ether oxygens (including phenoxy) is 1. The van der Waals surface area contributed by atoms with E-state index in [0.717, 1.165) is 22.9 Å². The van der Waals surface area contributed by atoms with Crippen LogP contribution >= 0.6 is 0 Å². The first kappa shape index (κ1) is 24.8. The van der Waals surface area contributed by atoms with Crippen molar-refractivity contribution in [1.29, 1.82) is 0 Å². The van der Waals surface area contributed by atoms with Gasteiger partial charge in [-0.3, -0.25) is 14.4 Å². The number of carbonyl (C=O) groups is 3. The predicted molar refractivity (Wildman–Crippen MR) is 143 cm³/mol. The highest BCUT2D eigenvalue weighted by molar-refractivity contribution is 6.06. The maximum Gasteiger partial charge on any atom is 0.253 e. The molecule has 1 unspecified atom stereocenters. The van der Waals surface area contributed by atoms with Gasteiger partial charge in [-0.25, -0.2) is 0 Å². The highest BCUT2D eigenvalue weighted by atomic mass is 16.5. The molecule has 2 aromatic rings. The molecule has 8 heteroatoms. The Hall–Kier alpha value is -3.49. The van der Waals surface area contributed by atoms with Gasteiger partial charge < -0.3 is 24.5 Å². The predicted octanol–water partition coefficient (Wildman–Crippen LogP) is 2.51. The van der Waals surface area contributed by atoms with Crippen molar-refractivity contribution in [2.24, 2.45) is 11.8 Å². The van der Waals surface area contributed by atoms with Gasteiger partial charge in [-0.1, -0.05) is 61.6 Å². The van der Waals surface area contributed by atoms with Gasteiger partial charge in [-0.15, -0.1) is 0 Å². The van der Waals surface area contributed by atoms with Crippen LogP contribution in [-0.2, 0) is 19.1 Å². The van der Waals surface area contributed by atoms with Crippen LogP contribution in [0.1, 0.15) is 19.8 Å². The number of rotatable bonds is 6. The molecule has 2 aromatic carbocycles. The summed E-state index contributed by atoms with van der Waals surface area (Å²) in [7, 11) is 0. The molecular formula is C30H33N3O5. The van der Waals surface area contributed by atoms with Gasteiger partial charge in [0, 0.05) is 38.5 Å². The van der Waals surface area contributed by atoms with Gasteiger partial charge in [0.25, 0.3) is 5.91 Å². The van der Waals surface area contributed by atoms with Crippen LogP contribution in [0.15, 0.2) is 66.8 Å². The maximum absolute atomic E-state index is 14.4. The van der Waals surface area contributed by atoms with Crippen molar-refractivity contribution >= 4 is 34.2 Å². The van der Waals surface area contributed by atoms with Crippen LogP contribution in [0.25, 0.3) is 10.8 Å². The molecular weight excluding hydrogens is 482 g/mol. The highest BCUT2D eigenvalue weighted by Gasteiger charge is 2.71. The van der Waals surface area contributed by atoms with Crippen LogP contribution < -0.4 is 4.90 Å². The Morgan fingerprint density at radius 2 is 1.79 bits per heavy atom. The first-order valence-corrected chi connectivity index (χ1v) is 13.5. The molecule has 0 bridgehead atoms. The molecule has 0 radical (unpaired) electrons. The number of hydrogen-bond donors (Lipinski definition) is 1. The Kier molecular flexibility index (Phi) is 6.32. The molecule has 0 aliphatic carbocycles. The zero-order chi connectivity index (χ0) is 26.4. The fourth-order valence-electron chi connectivity index (χ4n) is 6.72. The van der Waals surface area contributed by atoms with Crippen LogP contribution in [0.2, 0.25) is 0 Å². The number of anilines is 1. The molecule has 8 nitrogen and oxygen atoms in total. The van der Waals surface area contributed by atoms with Crippen molar-refractivity contribution < 1.29 is 24.2 Å². The zero-order valence-corrected chi connectivity index (χ0v) is 21.5. The van der Waals surface area contributed by atoms with E-state index in [1.54, 1.807) is 14.7 Å². The van der Waals surface area contributed by atoms with Gasteiger partial charge in [-0.05, 0) is 35.7 Å². The molecule has 4 heterocycles. The summed E-state index contributed by atoms with van der Waals surface area (Å²) in [4.78, 5) is 47.2. The fraction of sp³-hybridized carbons (Fsp3) is 0.433. The summed E-state index contributed by atoms with van der Waals surface area (Å²) in [5, 5.41) is 11.7. The van der Waals surface area contributed by atoms with Crippen molar-refractivity contribution in [1.82, 2.24) is 9.80 Å². The minimum Gasteiger partial charge on any atom is -0.396 e. The van der Waals surface area contributed by atoms with Crippen LogP contribution in [-0.4, -0.2) is 83.2 Å². The van der Waals surface area contributed by atoms with E-state index in [-0.39, 0.29) is 30.9 Å². The number of nitrogens with zero attached hydrogens (tertiary/aromatic N) is 3. The second kappa shape index (κ2) is 9.67. The molecule has 2 fully saturated rings. The summed E-state index contributed by atoms with van der Waals surface area (Å²) in [5.41, 5.74) is -0.509. The lowest BCUT2D eigenvalue weighted by Gasteiger charge is -2.35. The number of likely N-dealkylation sites (tertiary alicyclic amines) is 1. The maximum atomic E-state index is 14.4. The molecule has 5 atom stereocenters. The van der Waals surface area contributed by atoms with E-state index >= 15 is 0 Å². The second-order valence-electron chi connectivity index (χ2n) is 10.5. The van der Waals surface area contributed by atoms with Crippen molar-refractivity contribution in [3.05, 3.63) is 66.8 Å². The van der Waals surface area contributed by atoms with Gasteiger partial charge in [0.05, 0.1) is 17.9 Å². The summed E-state index contributed by atoms with van der Waals surface area (Å²) >= 11 is 0. The Bertz CT molecular complexity index is 1340. The third-order valence-electron chi connectivity index (χ3n) is 8.34. The monoisotopic (exact) mass is 515 g/mol. The van der Waals surface area contributed by atoms with E-state index < -0.39 is 29.6 Å². The van der Waals surface area contributed by atoms with Crippen molar-refractivity contribution in [2.45, 2.75) is 37.5 Å². The SMILES string of the molecule is CCCN1CC=C[C@@H]2O[C@]34C=CCN(c5ccc6ccccc6c5)C(=O)C3N(CCCO)C(=O)[C@@H]4[C@@H]2C1=O. The van der Waals surface area contributed by atoms with Crippen molar-refractivity contribution in [3.63, 3.8) is 0 Å². The molecule has 0 aromatic heterocycles. The number of hydrogen-bond acceptors (Lipinski definition) is 5. The molecule has 3 amide bonds. The molecule has 1 N–H and O–H groups in total. The number of benzene rings is 2. The third-order valence-corrected chi connectivity index (χ3v) is 8.34. The number of aliphatic hydroxyl groups is 1. The number of carbonyl (C=O) groups excluding carboxylic acids is 3. The Morgan fingerprint density at radius 3 is 2.58 bits per heavy atom. The lowest BCUT2D eigenvalue weighted by atomic mass is 9.77. The quantitative estimate of drug-likeness (QED) is 0.597. The molecule has 0 saturated carbocycles. The van der Waals surface area contributed by atoms with Gasteiger partial charge in [0.1, 0.15) is 11.6 Å². The summed E-state index contributed by atoms with van der Waals surface area (Å²) < 4.78 is 6.65. The van der Waals surface area contributed by atoms with Crippen LogP contribution in [0.3, 0.4) is 0 Å². The number of aliphatic hydroxyl groups excluding tert-OH is 1. The van der Waals surface area contributed by atoms with Gasteiger partial charge >= 0.3 is 0 Å². The summed E-state index contributed by atoms with van der Waals surface area (Å²) in [6.45, 7) is 3.54. The smallest absolute Gasteiger partial charge is 0.253 e. The average Bonchev–Trinajstić information content (AvgIpc) is 3.24. The van der Waals surface area contributed by atoms with Crippen molar-refractivity contribution in [2.75, 3.05) is 37.7 Å². The van der Waals surface area contributed by atoms with Crippen LogP contribution in [0, 0.1) is 11.8 Å². The summed E-state index contributed by atoms with van der Waals surface area (Å²) in [6.07, 6.45) is 8.14. The average molecular weight is 516 g/mol. The summed E-state index contributed by atoms with van der Waals surface area (Å²) in [6, 6.07) is 12.9. The molecule has 2 saturated heterocycles. The van der Waals surface area contributed by atoms with Gasteiger partial charge in [-0.2, -0.15) is 0 Å². The molecule has 38 heavy (non-hydrogen) atoms. The Labute approximate surface area is 222 Å². The lowest BCUT2D eigenvalue weighted by Crippen LogP contribution is -2.55. The number of fused-ring (bicyclic) bond motifs is 3. The normalized spacial score (nSPS) is 30.5. The summed E-state index contributed by atoms with van der Waals surface area (Å²) in [5.74, 6) is -2.09. The Balaban J connectivity index is 1.43. The molecule has 4 aliphatic heterocycles. The first-order valence-electron chi connectivity index (χ1n) is 13.5. The second-order valence-corrected chi connectivity index (χ2v) is 10.5. The largest absolute Gasteiger partial charge is 0.396 e. The first-order chi connectivity index (χ1) is 18.5. The third kappa shape index (κ3) is 3.69. The van der Waals surface area contributed by atoms with Crippen LogP contribution in [0.4, 0.5) is 5.69 Å². The fourth-order valence-corrected chi connectivity index (χ4v) is 6.72. The molecule has 1 spiro atoms. The van der Waals surface area contributed by atoms with E-state index in [1.165, 1.54) is 0 Å². The van der Waals surface area contributed by atoms with E-state index in [2.05, 4.69) is 0 Å². The minimum absolute atomic E-state index is 0.101. The van der Waals surface area contributed by atoms with E-state index in [0.29, 0.717) is 26.1 Å². The molecule has 4 aliphatic rings. The minimum atomic E-state index is -1.25. The van der Waals surface area contributed by atoms with E-state index in [9.17, 15) is 19.5 Å². The van der Waals surface area contributed by atoms with Gasteiger partial charge in [0.2, 0.25) is 11.8 Å². The topological polar surface area (TPSA) is 90.4 Å². The highest BCUT2D eigenvalue weighted by Crippen LogP contribution is 2.53. The standard InChI is InChI=1S/C30H33N3O5/c1-2-14-31-15-5-10-23-24(27(31)35)25-28(36)33(17-7-18-34)26-29(37)32(16-6-13-30(25,26)38-23)22-12-11-20-8-3-4-9-21(20)19-22/h3-6,8-13,19,23-26,34H,2,7,14-18H2,1H3/t23-,24+,25-,26?,30-/m0/s1. The number of amides is 3. The molecule has 6 rings (SSSR count). The van der Waals surface area contributed by atoms with E-state index in [4.69, 9.17) is 4.74 Å². The zero-order valence-electron chi connectivity index (χ0n) is 21.5. The lowest BCUT2D eigenvalue weighted by molar-refractivity contribution is -0.144.